The molecule has 1 aromatic heterocycles. The highest BCUT2D eigenvalue weighted by Crippen LogP contribution is 2.59. The van der Waals surface area contributed by atoms with Crippen molar-refractivity contribution < 1.29 is 18.3 Å². The zero-order valence-corrected chi connectivity index (χ0v) is 13.0. The average Bonchev–Trinajstić information content (AvgIpc) is 3.03. The van der Waals surface area contributed by atoms with Crippen molar-refractivity contribution in [1.29, 1.82) is 0 Å². The Bertz CT molecular complexity index is 636. The maximum absolute atomic E-state index is 13.0. The van der Waals surface area contributed by atoms with E-state index in [0.717, 1.165) is 0 Å². The summed E-state index contributed by atoms with van der Waals surface area (Å²) in [6.07, 6.45) is -1.55. The normalized spacial score (nSPS) is 24.2. The number of ether oxygens (including phenoxy) is 1. The molecule has 7 heteroatoms. The van der Waals surface area contributed by atoms with E-state index in [4.69, 9.17) is 4.74 Å². The van der Waals surface area contributed by atoms with E-state index in [0.29, 0.717) is 0 Å². The molecule has 0 aromatic carbocycles. The Balaban J connectivity index is 2.18. The van der Waals surface area contributed by atoms with Gasteiger partial charge in [0.25, 0.3) is 5.56 Å². The van der Waals surface area contributed by atoms with Crippen molar-refractivity contribution in [3.63, 3.8) is 0 Å². The van der Waals surface area contributed by atoms with Crippen LogP contribution in [0.5, 0.6) is 0 Å². The van der Waals surface area contributed by atoms with Crippen LogP contribution in [-0.4, -0.2) is 22.7 Å². The van der Waals surface area contributed by atoms with Crippen LogP contribution < -0.4 is 10.9 Å². The Morgan fingerprint density at radius 1 is 1.50 bits per heavy atom. The Hall–Kier alpha value is -1.92. The van der Waals surface area contributed by atoms with Gasteiger partial charge < -0.3 is 9.30 Å². The molecule has 2 rings (SSSR count). The van der Waals surface area contributed by atoms with Gasteiger partial charge in [-0.25, -0.2) is 13.6 Å². The predicted molar refractivity (Wildman–Crippen MR) is 78.3 cm³/mol. The molecular weight excluding hydrogens is 294 g/mol. The van der Waals surface area contributed by atoms with Crippen LogP contribution in [0.15, 0.2) is 23.1 Å². The van der Waals surface area contributed by atoms with Crippen molar-refractivity contribution in [2.45, 2.75) is 52.2 Å². The molecular formula is C15H20F2N2O3. The highest BCUT2D eigenvalue weighted by molar-refractivity contribution is 5.84. The largest absolute Gasteiger partial charge is 0.444 e. The van der Waals surface area contributed by atoms with Gasteiger partial charge in [-0.15, -0.1) is 0 Å². The lowest BCUT2D eigenvalue weighted by molar-refractivity contribution is 0.0623. The molecule has 0 saturated heterocycles. The highest BCUT2D eigenvalue weighted by atomic mass is 19.3. The summed E-state index contributed by atoms with van der Waals surface area (Å²) in [5.41, 5.74) is -2.38. The van der Waals surface area contributed by atoms with Gasteiger partial charge in [-0.05, 0) is 39.3 Å². The second-order valence-corrected chi connectivity index (χ2v) is 6.79. The number of carbonyl (C=O) groups is 1. The average molecular weight is 314 g/mol. The van der Waals surface area contributed by atoms with Crippen molar-refractivity contribution >= 4 is 11.8 Å². The monoisotopic (exact) mass is 314 g/mol. The number of nitrogens with zero attached hydrogens (tertiary/aromatic N) is 1. The highest BCUT2D eigenvalue weighted by Gasteiger charge is 2.58. The number of amides is 1. The minimum atomic E-state index is -2.49. The Labute approximate surface area is 127 Å². The molecule has 2 atom stereocenters. The smallest absolute Gasteiger partial charge is 0.412 e. The quantitative estimate of drug-likeness (QED) is 0.930. The summed E-state index contributed by atoms with van der Waals surface area (Å²) >= 11 is 0. The maximum Gasteiger partial charge on any atom is 0.412 e. The Morgan fingerprint density at radius 3 is 2.64 bits per heavy atom. The second-order valence-electron chi connectivity index (χ2n) is 6.79. The third-order valence-corrected chi connectivity index (χ3v) is 3.68. The zero-order valence-electron chi connectivity index (χ0n) is 13.0. The van der Waals surface area contributed by atoms with E-state index in [9.17, 15) is 18.4 Å². The lowest BCUT2D eigenvalue weighted by atomic mass is 10.1. The maximum atomic E-state index is 13.0. The molecule has 1 N–H and O–H groups in total. The number of halogens is 2. The van der Waals surface area contributed by atoms with Crippen LogP contribution in [0.4, 0.5) is 19.3 Å². The molecule has 1 aliphatic carbocycles. The fraction of sp³-hybridized carbons (Fsp3) is 0.600. The molecule has 1 aromatic rings. The van der Waals surface area contributed by atoms with E-state index in [1.54, 1.807) is 20.8 Å². The third-order valence-electron chi connectivity index (χ3n) is 3.68. The van der Waals surface area contributed by atoms with Gasteiger partial charge >= 0.3 is 6.09 Å². The van der Waals surface area contributed by atoms with E-state index in [2.05, 4.69) is 5.32 Å². The van der Waals surface area contributed by atoms with E-state index in [-0.39, 0.29) is 12.1 Å². The summed E-state index contributed by atoms with van der Waals surface area (Å²) in [4.78, 5) is 24.0. The number of aromatic nitrogens is 1. The Kier molecular flexibility index (Phi) is 4.02. The molecule has 22 heavy (non-hydrogen) atoms. The van der Waals surface area contributed by atoms with E-state index < -0.39 is 35.1 Å². The van der Waals surface area contributed by atoms with Crippen molar-refractivity contribution in [2.24, 2.45) is 5.41 Å². The zero-order chi connectivity index (χ0) is 16.7. The molecule has 0 aliphatic heterocycles. The molecule has 1 aliphatic rings. The van der Waals surface area contributed by atoms with Crippen LogP contribution in [0.25, 0.3) is 0 Å². The Morgan fingerprint density at radius 2 is 2.14 bits per heavy atom. The fourth-order valence-electron chi connectivity index (χ4n) is 2.27. The summed E-state index contributed by atoms with van der Waals surface area (Å²) in [5.74, 6) is 0. The first kappa shape index (κ1) is 16.5. The number of hydrogen-bond acceptors (Lipinski definition) is 3. The van der Waals surface area contributed by atoms with Gasteiger partial charge in [0.15, 0.2) is 0 Å². The first-order valence-corrected chi connectivity index (χ1v) is 7.04. The van der Waals surface area contributed by atoms with Gasteiger partial charge in [-0.2, -0.15) is 0 Å². The van der Waals surface area contributed by atoms with Crippen LogP contribution in [0.3, 0.4) is 0 Å². The minimum absolute atomic E-state index is 0.0141. The van der Waals surface area contributed by atoms with Crippen molar-refractivity contribution in [3.05, 3.63) is 28.7 Å². The van der Waals surface area contributed by atoms with Gasteiger partial charge in [0.05, 0.1) is 5.41 Å². The van der Waals surface area contributed by atoms with Gasteiger partial charge in [0, 0.05) is 12.2 Å². The minimum Gasteiger partial charge on any atom is -0.444 e. The predicted octanol–water partition coefficient (Wildman–Crippen LogP) is 3.41. The number of anilines is 1. The molecule has 0 bridgehead atoms. The number of hydrogen-bond donors (Lipinski definition) is 1. The summed E-state index contributed by atoms with van der Waals surface area (Å²) in [5, 5.41) is 2.36. The molecule has 2 unspecified atom stereocenters. The van der Waals surface area contributed by atoms with Gasteiger partial charge in [0.2, 0.25) is 6.43 Å². The van der Waals surface area contributed by atoms with Crippen LogP contribution in [-0.2, 0) is 4.74 Å². The molecule has 0 radical (unpaired) electrons. The number of nitrogens with one attached hydrogen (secondary N) is 1. The third kappa shape index (κ3) is 3.28. The van der Waals surface area contributed by atoms with Crippen molar-refractivity contribution in [2.75, 3.05) is 5.32 Å². The standard InChI is InChI=1S/C15H20F2N2O3/c1-14(2,3)22-13(21)18-9-6-5-7-19(11(9)20)10-8-15(10,4)12(16)17/h5-7,10,12H,8H2,1-4H3,(H,18,21). The molecule has 1 fully saturated rings. The molecule has 5 nitrogen and oxygen atoms in total. The van der Waals surface area contributed by atoms with Gasteiger partial charge in [0.1, 0.15) is 11.3 Å². The van der Waals surface area contributed by atoms with Crippen LogP contribution in [0, 0.1) is 5.41 Å². The molecule has 1 heterocycles. The first-order chi connectivity index (χ1) is 10.0. The molecule has 1 saturated carbocycles. The van der Waals surface area contributed by atoms with Crippen molar-refractivity contribution in [1.82, 2.24) is 4.57 Å². The fourth-order valence-corrected chi connectivity index (χ4v) is 2.27. The lowest BCUT2D eigenvalue weighted by Crippen LogP contribution is -2.31. The number of rotatable bonds is 3. The van der Waals surface area contributed by atoms with Crippen LogP contribution in [0.2, 0.25) is 0 Å². The van der Waals surface area contributed by atoms with Gasteiger partial charge in [-0.3, -0.25) is 10.1 Å². The van der Waals surface area contributed by atoms with Gasteiger partial charge in [-0.1, -0.05) is 6.92 Å². The summed E-state index contributed by atoms with van der Waals surface area (Å²) in [6.45, 7) is 6.55. The van der Waals surface area contributed by atoms with Crippen molar-refractivity contribution in [3.8, 4) is 0 Å². The number of carbonyl (C=O) groups excluding carboxylic acids is 1. The van der Waals surface area contributed by atoms with E-state index in [1.807, 2.05) is 0 Å². The van der Waals surface area contributed by atoms with Crippen LogP contribution in [0.1, 0.15) is 40.2 Å². The summed E-state index contributed by atoms with van der Waals surface area (Å²) in [6, 6.07) is 2.41. The molecule has 122 valence electrons. The SMILES string of the molecule is CC(C)(C)OC(=O)Nc1cccn(C2CC2(C)C(F)F)c1=O. The van der Waals surface area contributed by atoms with Crippen LogP contribution >= 0.6 is 0 Å². The van der Waals surface area contributed by atoms with E-state index >= 15 is 0 Å². The number of alkyl halides is 2. The first-order valence-electron chi connectivity index (χ1n) is 7.04. The second kappa shape index (κ2) is 5.37. The number of pyridine rings is 1. The molecule has 0 spiro atoms. The summed E-state index contributed by atoms with van der Waals surface area (Å²) < 4.78 is 32.2. The lowest BCUT2D eigenvalue weighted by Gasteiger charge is -2.19. The summed E-state index contributed by atoms with van der Waals surface area (Å²) in [7, 11) is 0. The topological polar surface area (TPSA) is 60.3 Å². The van der Waals surface area contributed by atoms with E-state index in [1.165, 1.54) is 29.8 Å². The molecule has 1 amide bonds.